The molecule has 0 aromatic carbocycles. The van der Waals surface area contributed by atoms with E-state index in [2.05, 4.69) is 30.5 Å². The standard InChI is InChI=1S/C12H13N7OS/c1-8-7-21-12(13-8)9-6-18(4-5-20-9)11-3-2-10-14-16-17-19(10)15-11/h2-3,7,9H,4-6H2,1H3. The summed E-state index contributed by atoms with van der Waals surface area (Å²) < 4.78 is 7.27. The molecular weight excluding hydrogens is 290 g/mol. The number of nitrogens with zero attached hydrogens (tertiary/aromatic N) is 7. The molecule has 1 aliphatic rings. The minimum absolute atomic E-state index is 0.0104. The van der Waals surface area contributed by atoms with E-state index in [1.165, 1.54) is 4.63 Å². The molecule has 1 saturated heterocycles. The van der Waals surface area contributed by atoms with Crippen LogP contribution in [0.1, 0.15) is 16.8 Å². The molecule has 1 fully saturated rings. The quantitative estimate of drug-likeness (QED) is 0.694. The van der Waals surface area contributed by atoms with Crippen molar-refractivity contribution in [2.75, 3.05) is 24.6 Å². The number of anilines is 1. The molecule has 0 radical (unpaired) electrons. The van der Waals surface area contributed by atoms with E-state index < -0.39 is 0 Å². The lowest BCUT2D eigenvalue weighted by Crippen LogP contribution is -2.39. The molecule has 0 bridgehead atoms. The maximum absolute atomic E-state index is 5.83. The summed E-state index contributed by atoms with van der Waals surface area (Å²) in [6, 6.07) is 3.79. The van der Waals surface area contributed by atoms with Gasteiger partial charge < -0.3 is 9.64 Å². The highest BCUT2D eigenvalue weighted by Crippen LogP contribution is 2.27. The first-order valence-corrected chi connectivity index (χ1v) is 7.51. The minimum atomic E-state index is -0.0104. The van der Waals surface area contributed by atoms with Crippen molar-refractivity contribution in [3.05, 3.63) is 28.2 Å². The van der Waals surface area contributed by atoms with Gasteiger partial charge in [-0.2, -0.15) is 0 Å². The number of hydrogen-bond donors (Lipinski definition) is 0. The number of hydrogen-bond acceptors (Lipinski definition) is 8. The Morgan fingerprint density at radius 3 is 3.19 bits per heavy atom. The normalized spacial score (nSPS) is 19.3. The predicted molar refractivity (Wildman–Crippen MR) is 76.3 cm³/mol. The van der Waals surface area contributed by atoms with Crippen LogP contribution in [0.2, 0.25) is 0 Å². The maximum atomic E-state index is 5.83. The highest BCUT2D eigenvalue weighted by molar-refractivity contribution is 7.09. The average Bonchev–Trinajstić information content (AvgIpc) is 3.15. The number of fused-ring (bicyclic) bond motifs is 1. The third kappa shape index (κ3) is 2.34. The van der Waals surface area contributed by atoms with Crippen LogP contribution >= 0.6 is 11.3 Å². The van der Waals surface area contributed by atoms with Gasteiger partial charge in [0.2, 0.25) is 0 Å². The molecule has 9 heteroatoms. The van der Waals surface area contributed by atoms with E-state index >= 15 is 0 Å². The molecule has 108 valence electrons. The van der Waals surface area contributed by atoms with Gasteiger partial charge in [0.15, 0.2) is 11.5 Å². The first-order chi connectivity index (χ1) is 10.3. The Kier molecular flexibility index (Phi) is 3.00. The highest BCUT2D eigenvalue weighted by Gasteiger charge is 2.25. The molecule has 0 spiro atoms. The van der Waals surface area contributed by atoms with Gasteiger partial charge in [-0.3, -0.25) is 0 Å². The first kappa shape index (κ1) is 12.6. The molecule has 3 aromatic rings. The lowest BCUT2D eigenvalue weighted by Gasteiger charge is -2.32. The van der Waals surface area contributed by atoms with E-state index in [-0.39, 0.29) is 6.10 Å². The lowest BCUT2D eigenvalue weighted by atomic mass is 10.2. The van der Waals surface area contributed by atoms with Crippen molar-refractivity contribution in [3.63, 3.8) is 0 Å². The van der Waals surface area contributed by atoms with Gasteiger partial charge in [0.05, 0.1) is 13.2 Å². The minimum Gasteiger partial charge on any atom is -0.367 e. The summed E-state index contributed by atoms with van der Waals surface area (Å²) >= 11 is 1.64. The number of thiazole rings is 1. The molecule has 0 amide bonds. The molecule has 8 nitrogen and oxygen atoms in total. The SMILES string of the molecule is Cc1csc(C2CN(c3ccc4nnnn4n3)CCO2)n1. The fraction of sp³-hybridized carbons (Fsp3) is 0.417. The van der Waals surface area contributed by atoms with Crippen molar-refractivity contribution in [3.8, 4) is 0 Å². The van der Waals surface area contributed by atoms with Gasteiger partial charge in [0.1, 0.15) is 11.1 Å². The third-order valence-electron chi connectivity index (χ3n) is 3.36. The van der Waals surface area contributed by atoms with Crippen LogP contribution in [0.5, 0.6) is 0 Å². The highest BCUT2D eigenvalue weighted by atomic mass is 32.1. The summed E-state index contributed by atoms with van der Waals surface area (Å²) in [6.07, 6.45) is -0.0104. The largest absolute Gasteiger partial charge is 0.367 e. The molecule has 3 aromatic heterocycles. The van der Waals surface area contributed by atoms with Gasteiger partial charge in [-0.15, -0.1) is 26.2 Å². The fourth-order valence-electron chi connectivity index (χ4n) is 2.34. The monoisotopic (exact) mass is 303 g/mol. The summed E-state index contributed by atoms with van der Waals surface area (Å²) in [5.41, 5.74) is 1.67. The summed E-state index contributed by atoms with van der Waals surface area (Å²) in [4.78, 5) is 6.69. The average molecular weight is 303 g/mol. The topological polar surface area (TPSA) is 81.3 Å². The van der Waals surface area contributed by atoms with Gasteiger partial charge in [-0.1, -0.05) is 0 Å². The summed E-state index contributed by atoms with van der Waals surface area (Å²) in [6.45, 7) is 4.17. The smallest absolute Gasteiger partial charge is 0.200 e. The molecule has 0 N–H and O–H groups in total. The van der Waals surface area contributed by atoms with Crippen molar-refractivity contribution < 1.29 is 4.74 Å². The zero-order valence-electron chi connectivity index (χ0n) is 11.4. The molecule has 0 saturated carbocycles. The Labute approximate surface area is 124 Å². The fourth-order valence-corrected chi connectivity index (χ4v) is 3.17. The number of tetrazole rings is 1. The Hall–Kier alpha value is -2.13. The summed E-state index contributed by atoms with van der Waals surface area (Å²) in [7, 11) is 0. The second-order valence-electron chi connectivity index (χ2n) is 4.85. The van der Waals surface area contributed by atoms with Crippen LogP contribution < -0.4 is 4.90 Å². The van der Waals surface area contributed by atoms with Crippen molar-refractivity contribution >= 4 is 22.8 Å². The van der Waals surface area contributed by atoms with Crippen LogP contribution in [-0.4, -0.2) is 49.9 Å². The third-order valence-corrected chi connectivity index (χ3v) is 4.41. The molecular formula is C12H13N7OS. The van der Waals surface area contributed by atoms with Crippen LogP contribution in [0.25, 0.3) is 5.65 Å². The first-order valence-electron chi connectivity index (χ1n) is 6.63. The van der Waals surface area contributed by atoms with Gasteiger partial charge in [-0.25, -0.2) is 4.98 Å². The molecule has 4 heterocycles. The van der Waals surface area contributed by atoms with E-state index in [4.69, 9.17) is 4.74 Å². The Morgan fingerprint density at radius 2 is 2.33 bits per heavy atom. The molecule has 1 aliphatic heterocycles. The Balaban J connectivity index is 1.59. The lowest BCUT2D eigenvalue weighted by molar-refractivity contribution is 0.0392. The molecule has 0 aliphatic carbocycles. The Bertz CT molecular complexity index is 770. The number of ether oxygens (including phenoxy) is 1. The van der Waals surface area contributed by atoms with Crippen molar-refractivity contribution in [1.29, 1.82) is 0 Å². The second-order valence-corrected chi connectivity index (χ2v) is 5.74. The maximum Gasteiger partial charge on any atom is 0.200 e. The zero-order valence-corrected chi connectivity index (χ0v) is 12.2. The van der Waals surface area contributed by atoms with Crippen molar-refractivity contribution in [2.24, 2.45) is 0 Å². The number of aryl methyl sites for hydroxylation is 1. The van der Waals surface area contributed by atoms with E-state index in [0.717, 1.165) is 29.6 Å². The summed E-state index contributed by atoms with van der Waals surface area (Å²) in [5, 5.41) is 18.8. The van der Waals surface area contributed by atoms with Crippen LogP contribution in [0.3, 0.4) is 0 Å². The van der Waals surface area contributed by atoms with Gasteiger partial charge >= 0.3 is 0 Å². The molecule has 4 rings (SSSR count). The number of aromatic nitrogens is 6. The second kappa shape index (κ2) is 5.01. The van der Waals surface area contributed by atoms with Crippen LogP contribution in [0.4, 0.5) is 5.82 Å². The number of rotatable bonds is 2. The van der Waals surface area contributed by atoms with Crippen molar-refractivity contribution in [1.82, 2.24) is 30.2 Å². The van der Waals surface area contributed by atoms with Crippen LogP contribution in [0.15, 0.2) is 17.5 Å². The van der Waals surface area contributed by atoms with Gasteiger partial charge in [0, 0.05) is 17.6 Å². The van der Waals surface area contributed by atoms with Crippen LogP contribution in [-0.2, 0) is 4.74 Å². The molecule has 1 unspecified atom stereocenters. The summed E-state index contributed by atoms with van der Waals surface area (Å²) in [5.74, 6) is 0.844. The Morgan fingerprint density at radius 1 is 1.38 bits per heavy atom. The zero-order chi connectivity index (χ0) is 14.2. The predicted octanol–water partition coefficient (Wildman–Crippen LogP) is 0.862. The van der Waals surface area contributed by atoms with E-state index in [1.54, 1.807) is 11.3 Å². The van der Waals surface area contributed by atoms with Gasteiger partial charge in [-0.05, 0) is 29.5 Å². The van der Waals surface area contributed by atoms with E-state index in [9.17, 15) is 0 Å². The van der Waals surface area contributed by atoms with Crippen molar-refractivity contribution in [2.45, 2.75) is 13.0 Å². The van der Waals surface area contributed by atoms with E-state index in [0.29, 0.717) is 12.3 Å². The van der Waals surface area contributed by atoms with E-state index in [1.807, 2.05) is 24.4 Å². The molecule has 1 atom stereocenters. The molecule has 21 heavy (non-hydrogen) atoms. The van der Waals surface area contributed by atoms with Crippen LogP contribution in [0, 0.1) is 6.92 Å². The van der Waals surface area contributed by atoms with Gasteiger partial charge in [0.25, 0.3) is 0 Å². The number of morpholine rings is 1.